The number of nitrogens with zero attached hydrogens (tertiary/aromatic N) is 2. The van der Waals surface area contributed by atoms with Crippen molar-refractivity contribution < 1.29 is 9.53 Å². The highest BCUT2D eigenvalue weighted by atomic mass is 16.5. The maximum atomic E-state index is 13.4. The van der Waals surface area contributed by atoms with Gasteiger partial charge in [-0.2, -0.15) is 0 Å². The molecule has 26 heavy (non-hydrogen) atoms. The van der Waals surface area contributed by atoms with Crippen LogP contribution in [0.2, 0.25) is 0 Å². The predicted molar refractivity (Wildman–Crippen MR) is 105 cm³/mol. The maximum absolute atomic E-state index is 13.4. The number of hydrogen-bond acceptors (Lipinski definition) is 4. The van der Waals surface area contributed by atoms with Gasteiger partial charge in [-0.25, -0.2) is 4.79 Å². The summed E-state index contributed by atoms with van der Waals surface area (Å²) in [6, 6.07) is 10.6. The zero-order chi connectivity index (χ0) is 18.7. The molecule has 2 aliphatic heterocycles. The van der Waals surface area contributed by atoms with Gasteiger partial charge in [0.15, 0.2) is 0 Å². The minimum Gasteiger partial charge on any atom is -0.461 e. The topological polar surface area (TPSA) is 32.8 Å². The summed E-state index contributed by atoms with van der Waals surface area (Å²) in [6.45, 7) is 9.45. The third-order valence-corrected chi connectivity index (χ3v) is 6.58. The minimum absolute atomic E-state index is 0.0282. The number of esters is 1. The molecule has 0 aromatic heterocycles. The first-order valence-electron chi connectivity index (χ1n) is 10.1. The van der Waals surface area contributed by atoms with Gasteiger partial charge in [-0.1, -0.05) is 37.3 Å². The summed E-state index contributed by atoms with van der Waals surface area (Å²) in [5.74, 6) is 0.650. The van der Waals surface area contributed by atoms with Crippen LogP contribution in [0.3, 0.4) is 0 Å². The highest BCUT2D eigenvalue weighted by Gasteiger charge is 2.44. The van der Waals surface area contributed by atoms with E-state index in [4.69, 9.17) is 4.74 Å². The van der Waals surface area contributed by atoms with Crippen LogP contribution in [0, 0.1) is 5.92 Å². The second kappa shape index (κ2) is 8.10. The molecule has 3 rings (SSSR count). The SMILES string of the molecule is CC1CCN(C(C)(C(=O)OC2CCN(C)C(C)C2)c2ccccc2)CC1. The molecule has 0 bridgehead atoms. The van der Waals surface area contributed by atoms with Crippen LogP contribution in [-0.4, -0.2) is 54.6 Å². The van der Waals surface area contributed by atoms with Gasteiger partial charge in [-0.05, 0) is 71.1 Å². The average Bonchev–Trinajstić information content (AvgIpc) is 2.65. The number of carbonyl (C=O) groups is 1. The first-order valence-corrected chi connectivity index (χ1v) is 10.1. The van der Waals surface area contributed by atoms with Crippen LogP contribution in [0.15, 0.2) is 30.3 Å². The second-order valence-corrected chi connectivity index (χ2v) is 8.49. The van der Waals surface area contributed by atoms with Crippen LogP contribution in [0.4, 0.5) is 0 Å². The van der Waals surface area contributed by atoms with Crippen LogP contribution in [0.25, 0.3) is 0 Å². The molecule has 4 nitrogen and oxygen atoms in total. The largest absolute Gasteiger partial charge is 0.461 e. The zero-order valence-electron chi connectivity index (χ0n) is 16.8. The van der Waals surface area contributed by atoms with Crippen molar-refractivity contribution in [3.63, 3.8) is 0 Å². The Morgan fingerprint density at radius 3 is 2.35 bits per heavy atom. The summed E-state index contributed by atoms with van der Waals surface area (Å²) in [7, 11) is 2.14. The summed E-state index contributed by atoms with van der Waals surface area (Å²) in [4.78, 5) is 18.1. The molecule has 0 radical (unpaired) electrons. The predicted octanol–water partition coefficient (Wildman–Crippen LogP) is 3.66. The van der Waals surface area contributed by atoms with E-state index in [0.717, 1.165) is 56.8 Å². The van der Waals surface area contributed by atoms with Gasteiger partial charge in [-0.3, -0.25) is 4.90 Å². The van der Waals surface area contributed by atoms with Gasteiger partial charge in [0.05, 0.1) is 0 Å². The Labute approximate surface area is 158 Å². The molecule has 144 valence electrons. The van der Waals surface area contributed by atoms with Crippen molar-refractivity contribution in [2.24, 2.45) is 5.92 Å². The summed E-state index contributed by atoms with van der Waals surface area (Å²) in [6.07, 6.45) is 4.15. The Balaban J connectivity index is 1.80. The molecule has 0 N–H and O–H groups in total. The Bertz CT molecular complexity index is 597. The van der Waals surface area contributed by atoms with E-state index < -0.39 is 5.54 Å². The first kappa shape index (κ1) is 19.4. The fourth-order valence-electron chi connectivity index (χ4n) is 4.27. The Morgan fingerprint density at radius 2 is 1.73 bits per heavy atom. The van der Waals surface area contributed by atoms with Crippen LogP contribution >= 0.6 is 0 Å². The Kier molecular flexibility index (Phi) is 6.03. The molecule has 1 aromatic carbocycles. The standard InChI is InChI=1S/C22H34N2O2/c1-17-10-14-24(15-11-17)22(3,19-8-6-5-7-9-19)21(25)26-20-12-13-23(4)18(2)16-20/h5-9,17-18,20H,10-16H2,1-4H3. The number of rotatable bonds is 4. The van der Waals surface area contributed by atoms with E-state index in [9.17, 15) is 4.79 Å². The van der Waals surface area contributed by atoms with Crippen molar-refractivity contribution in [3.05, 3.63) is 35.9 Å². The van der Waals surface area contributed by atoms with E-state index in [1.54, 1.807) is 0 Å². The molecule has 2 aliphatic rings. The van der Waals surface area contributed by atoms with E-state index in [1.165, 1.54) is 0 Å². The van der Waals surface area contributed by atoms with Crippen molar-refractivity contribution in [1.29, 1.82) is 0 Å². The first-order chi connectivity index (χ1) is 12.4. The molecule has 2 saturated heterocycles. The van der Waals surface area contributed by atoms with E-state index in [0.29, 0.717) is 6.04 Å². The van der Waals surface area contributed by atoms with Crippen molar-refractivity contribution in [3.8, 4) is 0 Å². The van der Waals surface area contributed by atoms with Crippen molar-refractivity contribution in [2.75, 3.05) is 26.7 Å². The van der Waals surface area contributed by atoms with E-state index in [1.807, 2.05) is 18.2 Å². The van der Waals surface area contributed by atoms with Gasteiger partial charge < -0.3 is 9.64 Å². The lowest BCUT2D eigenvalue weighted by Gasteiger charge is -2.44. The molecule has 2 fully saturated rings. The maximum Gasteiger partial charge on any atom is 0.331 e. The lowest BCUT2D eigenvalue weighted by atomic mass is 9.86. The van der Waals surface area contributed by atoms with Gasteiger partial charge in [0, 0.05) is 12.6 Å². The Morgan fingerprint density at radius 1 is 1.08 bits per heavy atom. The number of piperidine rings is 2. The van der Waals surface area contributed by atoms with Gasteiger partial charge in [0.2, 0.25) is 0 Å². The average molecular weight is 359 g/mol. The summed E-state index contributed by atoms with van der Waals surface area (Å²) < 4.78 is 6.10. The number of likely N-dealkylation sites (tertiary alicyclic amines) is 2. The van der Waals surface area contributed by atoms with Gasteiger partial charge in [0.1, 0.15) is 11.6 Å². The number of hydrogen-bond donors (Lipinski definition) is 0. The Hall–Kier alpha value is -1.39. The van der Waals surface area contributed by atoms with Crippen molar-refractivity contribution in [2.45, 2.75) is 64.1 Å². The fourth-order valence-corrected chi connectivity index (χ4v) is 4.27. The highest BCUT2D eigenvalue weighted by molar-refractivity contribution is 5.82. The molecular formula is C22H34N2O2. The lowest BCUT2D eigenvalue weighted by molar-refractivity contribution is -0.168. The molecule has 0 saturated carbocycles. The normalized spacial score (nSPS) is 28.5. The van der Waals surface area contributed by atoms with Crippen LogP contribution in [-0.2, 0) is 15.1 Å². The quantitative estimate of drug-likeness (QED) is 0.769. The van der Waals surface area contributed by atoms with Crippen LogP contribution < -0.4 is 0 Å². The number of benzene rings is 1. The molecular weight excluding hydrogens is 324 g/mol. The summed E-state index contributed by atoms with van der Waals surface area (Å²) >= 11 is 0. The number of carbonyl (C=O) groups excluding carboxylic acids is 1. The lowest BCUT2D eigenvalue weighted by Crippen LogP contribution is -2.54. The molecule has 1 aromatic rings. The van der Waals surface area contributed by atoms with E-state index in [2.05, 4.69) is 49.8 Å². The van der Waals surface area contributed by atoms with Crippen LogP contribution in [0.1, 0.15) is 52.0 Å². The smallest absolute Gasteiger partial charge is 0.331 e. The molecule has 0 aliphatic carbocycles. The molecule has 3 atom stereocenters. The van der Waals surface area contributed by atoms with Crippen LogP contribution in [0.5, 0.6) is 0 Å². The minimum atomic E-state index is -0.700. The molecule has 0 spiro atoms. The van der Waals surface area contributed by atoms with Crippen molar-refractivity contribution in [1.82, 2.24) is 9.80 Å². The molecule has 3 unspecified atom stereocenters. The second-order valence-electron chi connectivity index (χ2n) is 8.49. The number of ether oxygens (including phenoxy) is 1. The zero-order valence-corrected chi connectivity index (χ0v) is 16.8. The third kappa shape index (κ3) is 3.96. The van der Waals surface area contributed by atoms with E-state index >= 15 is 0 Å². The summed E-state index contributed by atoms with van der Waals surface area (Å²) in [5, 5.41) is 0. The highest BCUT2D eigenvalue weighted by Crippen LogP contribution is 2.34. The van der Waals surface area contributed by atoms with E-state index in [-0.39, 0.29) is 12.1 Å². The molecule has 0 amide bonds. The fraction of sp³-hybridized carbons (Fsp3) is 0.682. The van der Waals surface area contributed by atoms with Gasteiger partial charge >= 0.3 is 5.97 Å². The third-order valence-electron chi connectivity index (χ3n) is 6.58. The summed E-state index contributed by atoms with van der Waals surface area (Å²) in [5.41, 5.74) is 0.342. The monoisotopic (exact) mass is 358 g/mol. The van der Waals surface area contributed by atoms with Gasteiger partial charge in [-0.15, -0.1) is 0 Å². The molecule has 4 heteroatoms. The molecule has 2 heterocycles. The van der Waals surface area contributed by atoms with Gasteiger partial charge in [0.25, 0.3) is 0 Å². The van der Waals surface area contributed by atoms with Crippen molar-refractivity contribution >= 4 is 5.97 Å².